The maximum Gasteiger partial charge on any atom is 0.327 e. The second-order valence-corrected chi connectivity index (χ2v) is 5.57. The number of nitrogens with one attached hydrogen (secondary N) is 1. The zero-order valence-electron chi connectivity index (χ0n) is 12.8. The van der Waals surface area contributed by atoms with Crippen LogP contribution in [0.3, 0.4) is 0 Å². The summed E-state index contributed by atoms with van der Waals surface area (Å²) in [6.07, 6.45) is -2.14. The highest BCUT2D eigenvalue weighted by Crippen LogP contribution is 2.24. The highest BCUT2D eigenvalue weighted by Gasteiger charge is 2.40. The molecule has 0 saturated carbocycles. The molecule has 2 aromatic carbocycles. The van der Waals surface area contributed by atoms with Gasteiger partial charge in [-0.1, -0.05) is 48.0 Å². The molecule has 0 spiro atoms. The van der Waals surface area contributed by atoms with E-state index in [9.17, 15) is 18.7 Å². The first-order valence-corrected chi connectivity index (χ1v) is 7.35. The van der Waals surface area contributed by atoms with Crippen molar-refractivity contribution in [2.75, 3.05) is 5.32 Å². The summed E-state index contributed by atoms with van der Waals surface area (Å²) in [6.45, 7) is 1.92. The number of carbonyl (C=O) groups is 1. The molecule has 122 valence electrons. The summed E-state index contributed by atoms with van der Waals surface area (Å²) >= 11 is 0. The second kappa shape index (κ2) is 7.33. The van der Waals surface area contributed by atoms with Crippen molar-refractivity contribution in [2.45, 2.75) is 31.8 Å². The Bertz CT molecular complexity index is 642. The summed E-state index contributed by atoms with van der Waals surface area (Å²) in [4.78, 5) is 11.7. The van der Waals surface area contributed by atoms with Crippen LogP contribution >= 0.6 is 0 Å². The van der Waals surface area contributed by atoms with Crippen LogP contribution in [0.25, 0.3) is 0 Å². The smallest absolute Gasteiger partial charge is 0.327 e. The molecule has 0 aromatic heterocycles. The fraction of sp³-hybridized carbons (Fsp3) is 0.278. The molecular formula is C18H19F2NO2. The van der Waals surface area contributed by atoms with E-state index in [0.717, 1.165) is 11.1 Å². The van der Waals surface area contributed by atoms with Gasteiger partial charge in [0.25, 0.3) is 5.91 Å². The molecule has 2 rings (SSSR count). The lowest BCUT2D eigenvalue weighted by Gasteiger charge is -2.19. The number of anilines is 1. The van der Waals surface area contributed by atoms with Gasteiger partial charge in [0.1, 0.15) is 0 Å². The van der Waals surface area contributed by atoms with E-state index in [1.54, 1.807) is 30.3 Å². The van der Waals surface area contributed by atoms with Crippen LogP contribution in [0.2, 0.25) is 0 Å². The van der Waals surface area contributed by atoms with Crippen LogP contribution in [-0.4, -0.2) is 23.0 Å². The first-order chi connectivity index (χ1) is 10.9. The van der Waals surface area contributed by atoms with Crippen molar-refractivity contribution < 1.29 is 18.7 Å². The molecule has 1 amide bonds. The Morgan fingerprint density at radius 3 is 2.35 bits per heavy atom. The zero-order chi connectivity index (χ0) is 16.9. The number of amides is 1. The molecule has 23 heavy (non-hydrogen) atoms. The van der Waals surface area contributed by atoms with E-state index in [-0.39, 0.29) is 6.42 Å². The van der Waals surface area contributed by atoms with Gasteiger partial charge >= 0.3 is 5.92 Å². The summed E-state index contributed by atoms with van der Waals surface area (Å²) < 4.78 is 27.9. The van der Waals surface area contributed by atoms with Gasteiger partial charge in [-0.2, -0.15) is 8.78 Å². The number of alkyl halides is 2. The fourth-order valence-corrected chi connectivity index (χ4v) is 2.20. The minimum Gasteiger partial charge on any atom is -0.393 e. The molecule has 0 aliphatic rings. The number of rotatable bonds is 6. The number of hydrogen-bond donors (Lipinski definition) is 2. The predicted octanol–water partition coefficient (Wildman–Crippen LogP) is 3.56. The number of aliphatic hydroxyl groups excluding tert-OH is 1. The van der Waals surface area contributed by atoms with E-state index in [4.69, 9.17) is 0 Å². The highest BCUT2D eigenvalue weighted by atomic mass is 19.3. The summed E-state index contributed by atoms with van der Waals surface area (Å²) in [5.74, 6) is -5.05. The maximum atomic E-state index is 13.9. The third-order valence-corrected chi connectivity index (χ3v) is 3.45. The highest BCUT2D eigenvalue weighted by molar-refractivity contribution is 5.96. The Morgan fingerprint density at radius 2 is 1.74 bits per heavy atom. The SMILES string of the molecule is Cc1ccc(CC(O)CC(F)(F)C(=O)Nc2ccccc2)cc1. The number of aryl methyl sites for hydroxylation is 1. The summed E-state index contributed by atoms with van der Waals surface area (Å²) in [5.41, 5.74) is 2.10. The largest absolute Gasteiger partial charge is 0.393 e. The van der Waals surface area contributed by atoms with Crippen molar-refractivity contribution in [2.24, 2.45) is 0 Å². The quantitative estimate of drug-likeness (QED) is 0.855. The third kappa shape index (κ3) is 5.14. The summed E-state index contributed by atoms with van der Waals surface area (Å²) in [7, 11) is 0. The molecule has 0 aliphatic carbocycles. The van der Waals surface area contributed by atoms with Crippen LogP contribution in [0.5, 0.6) is 0 Å². The van der Waals surface area contributed by atoms with Crippen molar-refractivity contribution >= 4 is 11.6 Å². The fourth-order valence-electron chi connectivity index (χ4n) is 2.20. The van der Waals surface area contributed by atoms with E-state index < -0.39 is 24.4 Å². The standard InChI is InChI=1S/C18H19F2NO2/c1-13-7-9-14(10-8-13)11-16(22)12-18(19,20)17(23)21-15-5-3-2-4-6-15/h2-10,16,22H,11-12H2,1H3,(H,21,23). The Morgan fingerprint density at radius 1 is 1.13 bits per heavy atom. The molecule has 1 atom stereocenters. The molecule has 0 heterocycles. The first-order valence-electron chi connectivity index (χ1n) is 7.35. The van der Waals surface area contributed by atoms with Crippen LogP contribution in [0, 0.1) is 6.92 Å². The van der Waals surface area contributed by atoms with Crippen molar-refractivity contribution in [3.05, 3.63) is 65.7 Å². The Hall–Kier alpha value is -2.27. The average Bonchev–Trinajstić information content (AvgIpc) is 2.50. The van der Waals surface area contributed by atoms with Gasteiger partial charge in [0.15, 0.2) is 0 Å². The lowest BCUT2D eigenvalue weighted by Crippen LogP contribution is -2.38. The van der Waals surface area contributed by atoms with Gasteiger partial charge in [-0.05, 0) is 31.0 Å². The van der Waals surface area contributed by atoms with Gasteiger partial charge in [-0.15, -0.1) is 0 Å². The van der Waals surface area contributed by atoms with Gasteiger partial charge < -0.3 is 10.4 Å². The van der Waals surface area contributed by atoms with Gasteiger partial charge in [0.05, 0.1) is 6.10 Å². The Balaban J connectivity index is 1.93. The molecule has 3 nitrogen and oxygen atoms in total. The van der Waals surface area contributed by atoms with Gasteiger partial charge in [0, 0.05) is 12.1 Å². The van der Waals surface area contributed by atoms with Gasteiger partial charge in [0.2, 0.25) is 0 Å². The van der Waals surface area contributed by atoms with Crippen LogP contribution in [-0.2, 0) is 11.2 Å². The predicted molar refractivity (Wildman–Crippen MR) is 85.5 cm³/mol. The molecule has 2 N–H and O–H groups in total. The molecule has 0 fully saturated rings. The van der Waals surface area contributed by atoms with E-state index in [2.05, 4.69) is 5.32 Å². The first kappa shape index (κ1) is 17.1. The van der Waals surface area contributed by atoms with Crippen molar-refractivity contribution in [1.29, 1.82) is 0 Å². The second-order valence-electron chi connectivity index (χ2n) is 5.57. The number of para-hydroxylation sites is 1. The molecule has 0 saturated heterocycles. The number of hydrogen-bond acceptors (Lipinski definition) is 2. The third-order valence-electron chi connectivity index (χ3n) is 3.45. The van der Waals surface area contributed by atoms with Gasteiger partial charge in [-0.25, -0.2) is 0 Å². The van der Waals surface area contributed by atoms with Crippen LogP contribution in [0.1, 0.15) is 17.5 Å². The topological polar surface area (TPSA) is 49.3 Å². The van der Waals surface area contributed by atoms with E-state index in [1.807, 2.05) is 19.1 Å². The van der Waals surface area contributed by atoms with E-state index >= 15 is 0 Å². The lowest BCUT2D eigenvalue weighted by molar-refractivity contribution is -0.143. The monoisotopic (exact) mass is 319 g/mol. The number of benzene rings is 2. The zero-order valence-corrected chi connectivity index (χ0v) is 12.8. The molecule has 5 heteroatoms. The van der Waals surface area contributed by atoms with Gasteiger partial charge in [-0.3, -0.25) is 4.79 Å². The average molecular weight is 319 g/mol. The number of aliphatic hydroxyl groups is 1. The maximum absolute atomic E-state index is 13.9. The van der Waals surface area contributed by atoms with Crippen molar-refractivity contribution in [3.8, 4) is 0 Å². The van der Waals surface area contributed by atoms with Crippen molar-refractivity contribution in [1.82, 2.24) is 0 Å². The van der Waals surface area contributed by atoms with Crippen LogP contribution < -0.4 is 5.32 Å². The molecule has 2 aromatic rings. The lowest BCUT2D eigenvalue weighted by atomic mass is 10.0. The molecule has 0 bridgehead atoms. The van der Waals surface area contributed by atoms with Crippen LogP contribution in [0.15, 0.2) is 54.6 Å². The van der Waals surface area contributed by atoms with E-state index in [1.165, 1.54) is 12.1 Å². The Labute approximate surface area is 134 Å². The number of carbonyl (C=O) groups excluding carboxylic acids is 1. The minimum atomic E-state index is -3.64. The van der Waals surface area contributed by atoms with Crippen LogP contribution in [0.4, 0.5) is 14.5 Å². The molecule has 1 unspecified atom stereocenters. The van der Waals surface area contributed by atoms with E-state index in [0.29, 0.717) is 5.69 Å². The minimum absolute atomic E-state index is 0.0779. The molecular weight excluding hydrogens is 300 g/mol. The number of halogens is 2. The summed E-state index contributed by atoms with van der Waals surface area (Å²) in [6, 6.07) is 15.3. The molecule has 0 aliphatic heterocycles. The molecule has 0 radical (unpaired) electrons. The van der Waals surface area contributed by atoms with Crippen molar-refractivity contribution in [3.63, 3.8) is 0 Å². The summed E-state index contributed by atoms with van der Waals surface area (Å²) in [5, 5.41) is 12.0. The normalized spacial score (nSPS) is 12.7. The Kier molecular flexibility index (Phi) is 5.45.